The summed E-state index contributed by atoms with van der Waals surface area (Å²) in [7, 11) is 3.47. The van der Waals surface area contributed by atoms with Crippen LogP contribution in [0, 0.1) is 0 Å². The van der Waals surface area contributed by atoms with Crippen molar-refractivity contribution in [2.75, 3.05) is 5.73 Å². The molecular formula is C11H13N3O. The van der Waals surface area contributed by atoms with E-state index in [9.17, 15) is 4.79 Å². The molecule has 0 radical (unpaired) electrons. The maximum absolute atomic E-state index is 11.9. The SMILES string of the molecule is Cn1c(N)c(-c2ccccc2)c(=O)n1C. The fourth-order valence-electron chi connectivity index (χ4n) is 1.61. The molecule has 0 fully saturated rings. The van der Waals surface area contributed by atoms with Gasteiger partial charge in [0, 0.05) is 14.1 Å². The molecule has 0 spiro atoms. The standard InChI is InChI=1S/C11H13N3O/c1-13-10(12)9(11(15)14(13)2)8-6-4-3-5-7-8/h3-7H,12H2,1-2H3. The van der Waals surface area contributed by atoms with E-state index >= 15 is 0 Å². The first-order valence-corrected chi connectivity index (χ1v) is 4.70. The van der Waals surface area contributed by atoms with Crippen LogP contribution in [-0.4, -0.2) is 9.36 Å². The van der Waals surface area contributed by atoms with Crippen LogP contribution >= 0.6 is 0 Å². The molecule has 4 nitrogen and oxygen atoms in total. The fourth-order valence-corrected chi connectivity index (χ4v) is 1.61. The molecule has 0 aliphatic heterocycles. The number of anilines is 1. The zero-order chi connectivity index (χ0) is 11.0. The molecule has 0 bridgehead atoms. The lowest BCUT2D eigenvalue weighted by atomic mass is 10.1. The molecular weight excluding hydrogens is 190 g/mol. The van der Waals surface area contributed by atoms with Crippen LogP contribution in [0.4, 0.5) is 5.82 Å². The fraction of sp³-hybridized carbons (Fsp3) is 0.182. The second kappa shape index (κ2) is 3.31. The number of hydrogen-bond donors (Lipinski definition) is 1. The van der Waals surface area contributed by atoms with E-state index < -0.39 is 0 Å². The molecule has 0 unspecified atom stereocenters. The highest BCUT2D eigenvalue weighted by atomic mass is 16.1. The third-order valence-electron chi connectivity index (χ3n) is 2.63. The Bertz CT molecular complexity index is 537. The Kier molecular flexibility index (Phi) is 2.11. The molecule has 1 aromatic heterocycles. The van der Waals surface area contributed by atoms with Crippen molar-refractivity contribution in [1.29, 1.82) is 0 Å². The minimum Gasteiger partial charge on any atom is -0.383 e. The van der Waals surface area contributed by atoms with Crippen LogP contribution in [0.2, 0.25) is 0 Å². The predicted molar refractivity (Wildman–Crippen MR) is 60.5 cm³/mol. The van der Waals surface area contributed by atoms with Crippen LogP contribution in [0.3, 0.4) is 0 Å². The summed E-state index contributed by atoms with van der Waals surface area (Å²) in [5, 5.41) is 0. The first-order valence-electron chi connectivity index (χ1n) is 4.70. The van der Waals surface area contributed by atoms with Crippen molar-refractivity contribution in [3.8, 4) is 11.1 Å². The number of hydrogen-bond acceptors (Lipinski definition) is 2. The highest BCUT2D eigenvalue weighted by Gasteiger charge is 2.14. The van der Waals surface area contributed by atoms with Gasteiger partial charge >= 0.3 is 0 Å². The van der Waals surface area contributed by atoms with E-state index in [2.05, 4.69) is 0 Å². The lowest BCUT2D eigenvalue weighted by Crippen LogP contribution is -2.17. The Hall–Kier alpha value is -1.97. The van der Waals surface area contributed by atoms with Crippen LogP contribution in [-0.2, 0) is 14.1 Å². The quantitative estimate of drug-likeness (QED) is 0.751. The van der Waals surface area contributed by atoms with Crippen molar-refractivity contribution in [2.45, 2.75) is 0 Å². The van der Waals surface area contributed by atoms with Gasteiger partial charge in [0.25, 0.3) is 5.56 Å². The van der Waals surface area contributed by atoms with Gasteiger partial charge in [-0.15, -0.1) is 0 Å². The van der Waals surface area contributed by atoms with E-state index in [-0.39, 0.29) is 5.56 Å². The number of nitrogen functional groups attached to an aromatic ring is 1. The summed E-state index contributed by atoms with van der Waals surface area (Å²) in [6, 6.07) is 9.45. The van der Waals surface area contributed by atoms with E-state index in [0.29, 0.717) is 11.4 Å². The van der Waals surface area contributed by atoms with Gasteiger partial charge in [0.15, 0.2) is 0 Å². The average molecular weight is 203 g/mol. The van der Waals surface area contributed by atoms with Crippen molar-refractivity contribution in [3.63, 3.8) is 0 Å². The normalized spacial score (nSPS) is 10.5. The van der Waals surface area contributed by atoms with Gasteiger partial charge in [-0.05, 0) is 5.56 Å². The third-order valence-corrected chi connectivity index (χ3v) is 2.63. The minimum atomic E-state index is -0.0683. The van der Waals surface area contributed by atoms with Gasteiger partial charge in [-0.2, -0.15) is 0 Å². The third kappa shape index (κ3) is 1.34. The molecule has 0 aliphatic rings. The molecule has 1 heterocycles. The van der Waals surface area contributed by atoms with Crippen LogP contribution in [0.5, 0.6) is 0 Å². The number of aromatic nitrogens is 2. The van der Waals surface area contributed by atoms with Crippen molar-refractivity contribution in [1.82, 2.24) is 9.36 Å². The highest BCUT2D eigenvalue weighted by molar-refractivity contribution is 5.73. The average Bonchev–Trinajstić information content (AvgIpc) is 2.45. The van der Waals surface area contributed by atoms with Crippen molar-refractivity contribution < 1.29 is 0 Å². The summed E-state index contributed by atoms with van der Waals surface area (Å²) in [4.78, 5) is 11.9. The topological polar surface area (TPSA) is 52.9 Å². The largest absolute Gasteiger partial charge is 0.383 e. The van der Waals surface area contributed by atoms with E-state index in [0.717, 1.165) is 5.56 Å². The zero-order valence-electron chi connectivity index (χ0n) is 8.77. The Labute approximate surface area is 87.5 Å². The van der Waals surface area contributed by atoms with Crippen molar-refractivity contribution >= 4 is 5.82 Å². The summed E-state index contributed by atoms with van der Waals surface area (Å²) < 4.78 is 3.14. The van der Waals surface area contributed by atoms with E-state index in [1.54, 1.807) is 18.8 Å². The molecule has 0 saturated heterocycles. The van der Waals surface area contributed by atoms with Gasteiger partial charge in [0.1, 0.15) is 5.82 Å². The van der Waals surface area contributed by atoms with Crippen molar-refractivity contribution in [2.24, 2.45) is 14.1 Å². The molecule has 2 N–H and O–H groups in total. The second-order valence-corrected chi connectivity index (χ2v) is 3.48. The van der Waals surface area contributed by atoms with Crippen molar-refractivity contribution in [3.05, 3.63) is 40.7 Å². The molecule has 0 saturated carbocycles. The van der Waals surface area contributed by atoms with Crippen LogP contribution in [0.15, 0.2) is 35.1 Å². The van der Waals surface area contributed by atoms with E-state index in [4.69, 9.17) is 5.73 Å². The second-order valence-electron chi connectivity index (χ2n) is 3.48. The maximum Gasteiger partial charge on any atom is 0.276 e. The lowest BCUT2D eigenvalue weighted by molar-refractivity contribution is 0.586. The molecule has 0 aliphatic carbocycles. The summed E-state index contributed by atoms with van der Waals surface area (Å²) in [5.74, 6) is 0.494. The summed E-state index contributed by atoms with van der Waals surface area (Å²) >= 11 is 0. The predicted octanol–water partition coefficient (Wildman–Crippen LogP) is 0.973. The molecule has 4 heteroatoms. The van der Waals surface area contributed by atoms with E-state index in [1.165, 1.54) is 4.68 Å². The summed E-state index contributed by atoms with van der Waals surface area (Å²) in [5.41, 5.74) is 7.24. The Morgan fingerprint density at radius 1 is 1.07 bits per heavy atom. The van der Waals surface area contributed by atoms with Gasteiger partial charge in [-0.25, -0.2) is 0 Å². The Morgan fingerprint density at radius 2 is 1.67 bits per heavy atom. The first kappa shape index (κ1) is 9.58. The van der Waals surface area contributed by atoms with Gasteiger partial charge in [-0.3, -0.25) is 14.2 Å². The van der Waals surface area contributed by atoms with Crippen LogP contribution in [0.1, 0.15) is 0 Å². The maximum atomic E-state index is 11.9. The summed E-state index contributed by atoms with van der Waals surface area (Å²) in [6.07, 6.45) is 0. The molecule has 0 atom stereocenters. The number of benzene rings is 1. The highest BCUT2D eigenvalue weighted by Crippen LogP contribution is 2.21. The van der Waals surface area contributed by atoms with Gasteiger partial charge in [-0.1, -0.05) is 30.3 Å². The smallest absolute Gasteiger partial charge is 0.276 e. The Balaban J connectivity index is 2.75. The summed E-state index contributed by atoms with van der Waals surface area (Å²) in [6.45, 7) is 0. The van der Waals surface area contributed by atoms with E-state index in [1.807, 2.05) is 30.3 Å². The number of nitrogens with two attached hydrogens (primary N) is 1. The molecule has 0 amide bonds. The molecule has 15 heavy (non-hydrogen) atoms. The van der Waals surface area contributed by atoms with Gasteiger partial charge in [0.2, 0.25) is 0 Å². The molecule has 1 aromatic carbocycles. The number of nitrogens with zero attached hydrogens (tertiary/aromatic N) is 2. The van der Waals surface area contributed by atoms with Crippen LogP contribution < -0.4 is 11.3 Å². The molecule has 78 valence electrons. The van der Waals surface area contributed by atoms with Gasteiger partial charge in [0.05, 0.1) is 5.56 Å². The minimum absolute atomic E-state index is 0.0683. The molecule has 2 rings (SSSR count). The number of rotatable bonds is 1. The monoisotopic (exact) mass is 203 g/mol. The van der Waals surface area contributed by atoms with Gasteiger partial charge < -0.3 is 5.73 Å². The zero-order valence-corrected chi connectivity index (χ0v) is 8.77. The lowest BCUT2D eigenvalue weighted by Gasteiger charge is -2.00. The van der Waals surface area contributed by atoms with Crippen LogP contribution in [0.25, 0.3) is 11.1 Å². The first-order chi connectivity index (χ1) is 7.13. The Morgan fingerprint density at radius 3 is 2.13 bits per heavy atom. The molecule has 2 aromatic rings.